The molecule has 1 aliphatic rings. The molecule has 0 unspecified atom stereocenters. The van der Waals surface area contributed by atoms with Gasteiger partial charge >= 0.3 is 0 Å². The fraction of sp³-hybridized carbons (Fsp3) is 0.375. The SMILES string of the molecule is Cc1nc(-c2ccccc2NC(=O)c2cc(C3CC3)nc3c2c(C)nn3C(C)(C)C)no1. The van der Waals surface area contributed by atoms with Crippen molar-refractivity contribution in [2.75, 3.05) is 5.32 Å². The Labute approximate surface area is 186 Å². The Bertz CT molecular complexity index is 1340. The standard InChI is InChI=1S/C24H26N6O2/c1-13-20-17(12-19(15-10-11-15)26-22(20)30(28-13)24(3,4)5)23(31)27-18-9-7-6-8-16(18)21-25-14(2)32-29-21/h6-9,12,15H,10-11H2,1-5H3,(H,27,31). The highest BCUT2D eigenvalue weighted by molar-refractivity contribution is 6.13. The highest BCUT2D eigenvalue weighted by Crippen LogP contribution is 2.41. The van der Waals surface area contributed by atoms with E-state index in [2.05, 4.69) is 36.2 Å². The predicted molar refractivity (Wildman–Crippen MR) is 122 cm³/mol. The van der Waals surface area contributed by atoms with E-state index in [-0.39, 0.29) is 11.4 Å². The number of fused-ring (bicyclic) bond motifs is 1. The van der Waals surface area contributed by atoms with Gasteiger partial charge in [-0.05, 0) is 58.7 Å². The van der Waals surface area contributed by atoms with Crippen molar-refractivity contribution in [3.8, 4) is 11.4 Å². The van der Waals surface area contributed by atoms with Crippen LogP contribution in [0.2, 0.25) is 0 Å². The lowest BCUT2D eigenvalue weighted by Gasteiger charge is -2.20. The monoisotopic (exact) mass is 430 g/mol. The van der Waals surface area contributed by atoms with Crippen LogP contribution in [-0.4, -0.2) is 30.8 Å². The van der Waals surface area contributed by atoms with Gasteiger partial charge in [-0.15, -0.1) is 0 Å². The second-order valence-electron chi connectivity index (χ2n) is 9.37. The summed E-state index contributed by atoms with van der Waals surface area (Å²) in [4.78, 5) is 22.8. The molecule has 5 rings (SSSR count). The Morgan fingerprint density at radius 2 is 1.91 bits per heavy atom. The van der Waals surface area contributed by atoms with E-state index in [1.54, 1.807) is 6.92 Å². The van der Waals surface area contributed by atoms with Gasteiger partial charge in [-0.2, -0.15) is 10.1 Å². The highest BCUT2D eigenvalue weighted by Gasteiger charge is 2.30. The number of aryl methyl sites for hydroxylation is 2. The van der Waals surface area contributed by atoms with Crippen molar-refractivity contribution in [1.29, 1.82) is 0 Å². The van der Waals surface area contributed by atoms with Crippen molar-refractivity contribution in [2.45, 2.75) is 58.9 Å². The molecule has 0 spiro atoms. The van der Waals surface area contributed by atoms with Crippen molar-refractivity contribution in [3.63, 3.8) is 0 Å². The first-order valence-corrected chi connectivity index (χ1v) is 10.8. The van der Waals surface area contributed by atoms with Gasteiger partial charge in [0.05, 0.1) is 27.9 Å². The minimum atomic E-state index is -0.251. The van der Waals surface area contributed by atoms with Crippen LogP contribution >= 0.6 is 0 Å². The molecule has 0 atom stereocenters. The zero-order chi connectivity index (χ0) is 22.6. The van der Waals surface area contributed by atoms with Gasteiger partial charge < -0.3 is 9.84 Å². The molecular formula is C24H26N6O2. The highest BCUT2D eigenvalue weighted by atomic mass is 16.5. The summed E-state index contributed by atoms with van der Waals surface area (Å²) in [6.45, 7) is 9.93. The van der Waals surface area contributed by atoms with E-state index in [4.69, 9.17) is 14.6 Å². The van der Waals surface area contributed by atoms with Crippen LogP contribution < -0.4 is 5.32 Å². The van der Waals surface area contributed by atoms with Crippen LogP contribution in [0.4, 0.5) is 5.69 Å². The maximum absolute atomic E-state index is 13.6. The van der Waals surface area contributed by atoms with Crippen LogP contribution in [-0.2, 0) is 5.54 Å². The Kier molecular flexibility index (Phi) is 4.62. The van der Waals surface area contributed by atoms with E-state index in [0.717, 1.165) is 35.3 Å². The number of aromatic nitrogens is 5. The second-order valence-corrected chi connectivity index (χ2v) is 9.37. The molecule has 3 aromatic heterocycles. The molecule has 1 N–H and O–H groups in total. The van der Waals surface area contributed by atoms with E-state index >= 15 is 0 Å². The molecule has 1 fully saturated rings. The molecule has 8 heteroatoms. The number of benzene rings is 1. The van der Waals surface area contributed by atoms with Crippen LogP contribution in [0.3, 0.4) is 0 Å². The minimum Gasteiger partial charge on any atom is -0.339 e. The number of hydrogen-bond donors (Lipinski definition) is 1. The van der Waals surface area contributed by atoms with Gasteiger partial charge in [0.2, 0.25) is 11.7 Å². The van der Waals surface area contributed by atoms with Crippen LogP contribution in [0.1, 0.15) is 67.2 Å². The fourth-order valence-corrected chi connectivity index (χ4v) is 3.93. The van der Waals surface area contributed by atoms with Crippen molar-refractivity contribution in [2.24, 2.45) is 0 Å². The maximum atomic E-state index is 13.6. The number of carbonyl (C=O) groups excluding carboxylic acids is 1. The molecule has 164 valence electrons. The number of pyridine rings is 1. The van der Waals surface area contributed by atoms with Gasteiger partial charge in [-0.1, -0.05) is 17.3 Å². The normalized spacial score (nSPS) is 14.2. The van der Waals surface area contributed by atoms with Crippen LogP contribution in [0.5, 0.6) is 0 Å². The van der Waals surface area contributed by atoms with E-state index in [0.29, 0.717) is 34.4 Å². The number of nitrogens with one attached hydrogen (secondary N) is 1. The minimum absolute atomic E-state index is 0.205. The molecule has 0 bridgehead atoms. The molecular weight excluding hydrogens is 404 g/mol. The maximum Gasteiger partial charge on any atom is 0.256 e. The second kappa shape index (κ2) is 7.25. The number of rotatable bonds is 4. The summed E-state index contributed by atoms with van der Waals surface area (Å²) in [5.74, 6) is 1.11. The van der Waals surface area contributed by atoms with Crippen LogP contribution in [0, 0.1) is 13.8 Å². The van der Waals surface area contributed by atoms with E-state index in [1.165, 1.54) is 0 Å². The quantitative estimate of drug-likeness (QED) is 0.490. The summed E-state index contributed by atoms with van der Waals surface area (Å²) in [5, 5.41) is 12.6. The van der Waals surface area contributed by atoms with E-state index in [9.17, 15) is 4.79 Å². The van der Waals surface area contributed by atoms with Crippen LogP contribution in [0.15, 0.2) is 34.9 Å². The molecule has 0 saturated heterocycles. The number of nitrogens with zero attached hydrogens (tertiary/aromatic N) is 5. The molecule has 4 aromatic rings. The van der Waals surface area contributed by atoms with Gasteiger partial charge in [0, 0.05) is 24.1 Å². The van der Waals surface area contributed by atoms with Gasteiger partial charge in [0.25, 0.3) is 5.91 Å². The first-order valence-electron chi connectivity index (χ1n) is 10.8. The molecule has 0 radical (unpaired) electrons. The van der Waals surface area contributed by atoms with E-state index < -0.39 is 0 Å². The van der Waals surface area contributed by atoms with Crippen molar-refractivity contribution >= 4 is 22.6 Å². The average Bonchev–Trinajstić information content (AvgIpc) is 3.42. The third-order valence-electron chi connectivity index (χ3n) is 5.65. The zero-order valence-electron chi connectivity index (χ0n) is 18.9. The molecule has 0 aliphatic heterocycles. The Morgan fingerprint density at radius 1 is 1.16 bits per heavy atom. The molecule has 1 aromatic carbocycles. The van der Waals surface area contributed by atoms with Crippen molar-refractivity contribution < 1.29 is 9.32 Å². The summed E-state index contributed by atoms with van der Waals surface area (Å²) in [6, 6.07) is 9.37. The summed E-state index contributed by atoms with van der Waals surface area (Å²) < 4.78 is 7.05. The zero-order valence-corrected chi connectivity index (χ0v) is 18.9. The Morgan fingerprint density at radius 3 is 2.56 bits per heavy atom. The van der Waals surface area contributed by atoms with Gasteiger partial charge in [-0.3, -0.25) is 4.79 Å². The number of hydrogen-bond acceptors (Lipinski definition) is 6. The number of anilines is 1. The summed E-state index contributed by atoms with van der Waals surface area (Å²) in [5.41, 5.74) is 4.16. The van der Waals surface area contributed by atoms with Crippen LogP contribution in [0.25, 0.3) is 22.4 Å². The third kappa shape index (κ3) is 3.55. The molecule has 32 heavy (non-hydrogen) atoms. The topological polar surface area (TPSA) is 98.7 Å². The number of carbonyl (C=O) groups is 1. The summed E-state index contributed by atoms with van der Waals surface area (Å²) in [6.07, 6.45) is 2.20. The van der Waals surface area contributed by atoms with Gasteiger partial charge in [-0.25, -0.2) is 9.67 Å². The van der Waals surface area contributed by atoms with E-state index in [1.807, 2.05) is 41.9 Å². The first kappa shape index (κ1) is 20.4. The Balaban J connectivity index is 1.61. The lowest BCUT2D eigenvalue weighted by atomic mass is 10.1. The van der Waals surface area contributed by atoms with Gasteiger partial charge in [0.15, 0.2) is 5.65 Å². The Hall–Kier alpha value is -3.55. The smallest absolute Gasteiger partial charge is 0.256 e. The summed E-state index contributed by atoms with van der Waals surface area (Å²) >= 11 is 0. The van der Waals surface area contributed by atoms with Crippen molar-refractivity contribution in [1.82, 2.24) is 24.9 Å². The molecule has 1 aliphatic carbocycles. The predicted octanol–water partition coefficient (Wildman–Crippen LogP) is 4.98. The van der Waals surface area contributed by atoms with Gasteiger partial charge in [0.1, 0.15) is 0 Å². The molecule has 1 amide bonds. The third-order valence-corrected chi connectivity index (χ3v) is 5.65. The lowest BCUT2D eigenvalue weighted by Crippen LogP contribution is -2.23. The molecule has 1 saturated carbocycles. The van der Waals surface area contributed by atoms with Crippen molar-refractivity contribution in [3.05, 3.63) is 53.2 Å². The lowest BCUT2D eigenvalue weighted by molar-refractivity contribution is 0.102. The molecule has 8 nitrogen and oxygen atoms in total. The summed E-state index contributed by atoms with van der Waals surface area (Å²) in [7, 11) is 0. The largest absolute Gasteiger partial charge is 0.339 e. The first-order chi connectivity index (χ1) is 15.2. The number of para-hydroxylation sites is 1. The molecule has 3 heterocycles. The number of amides is 1. The fourth-order valence-electron chi connectivity index (χ4n) is 3.93. The average molecular weight is 431 g/mol.